The molecule has 3 amide bonds. The van der Waals surface area contributed by atoms with Crippen molar-refractivity contribution < 1.29 is 33.7 Å². The van der Waals surface area contributed by atoms with E-state index in [1.807, 2.05) is 29.6 Å². The summed E-state index contributed by atoms with van der Waals surface area (Å²) < 4.78 is 15.7. The summed E-state index contributed by atoms with van der Waals surface area (Å²) in [5, 5.41) is 15.3. The maximum atomic E-state index is 11.8. The summed E-state index contributed by atoms with van der Waals surface area (Å²) in [6.07, 6.45) is 1.85. The average molecular weight is 443 g/mol. The first-order valence-corrected chi connectivity index (χ1v) is 9.60. The van der Waals surface area contributed by atoms with Crippen molar-refractivity contribution in [2.45, 2.75) is 0 Å². The van der Waals surface area contributed by atoms with E-state index in [1.54, 1.807) is 44.6 Å². The van der Waals surface area contributed by atoms with Gasteiger partial charge in [0.15, 0.2) is 0 Å². The molecule has 2 aromatic rings. The number of amides is 3. The van der Waals surface area contributed by atoms with Gasteiger partial charge in [0.1, 0.15) is 17.2 Å². The third-order valence-electron chi connectivity index (χ3n) is 4.05. The number of hydrogen-bond acceptors (Lipinski definition) is 6. The molecule has 0 spiro atoms. The maximum absolute atomic E-state index is 11.8. The Labute approximate surface area is 185 Å². The van der Waals surface area contributed by atoms with Crippen molar-refractivity contribution in [2.75, 3.05) is 33.9 Å². The highest BCUT2D eigenvalue weighted by molar-refractivity contribution is 5.81. The highest BCUT2D eigenvalue weighted by atomic mass is 16.6. The van der Waals surface area contributed by atoms with E-state index >= 15 is 0 Å². The minimum atomic E-state index is -1.29. The van der Waals surface area contributed by atoms with Gasteiger partial charge in [-0.15, -0.1) is 0 Å². The van der Waals surface area contributed by atoms with Gasteiger partial charge >= 0.3 is 12.2 Å². The molecular formula is C22H25N3O7. The van der Waals surface area contributed by atoms with E-state index in [4.69, 9.17) is 19.3 Å². The summed E-state index contributed by atoms with van der Waals surface area (Å²) in [5.41, 5.74) is 1.81. The quantitative estimate of drug-likeness (QED) is 0.327. The lowest BCUT2D eigenvalue weighted by Crippen LogP contribution is -2.40. The molecular weight excluding hydrogens is 418 g/mol. The van der Waals surface area contributed by atoms with Crippen LogP contribution in [-0.4, -0.2) is 57.1 Å². The van der Waals surface area contributed by atoms with Gasteiger partial charge in [0, 0.05) is 19.2 Å². The van der Waals surface area contributed by atoms with Gasteiger partial charge in [-0.2, -0.15) is 0 Å². The number of carbonyl (C=O) groups excluding carboxylic acids is 2. The standard InChI is InChI=1S/C22H25N3O7/c1-30-18-11-16(12-19(13-18)31-2)4-3-15-5-7-17(8-6-15)32-22(29)24-10-9-23-20(26)14-25-21(27)28/h3-8,11-13,25H,9-10,14H2,1-2H3,(H,23,26)(H,24,29)(H,27,28). The second kappa shape index (κ2) is 12.5. The highest BCUT2D eigenvalue weighted by Gasteiger charge is 2.06. The second-order valence-corrected chi connectivity index (χ2v) is 6.37. The van der Waals surface area contributed by atoms with E-state index in [9.17, 15) is 14.4 Å². The third-order valence-corrected chi connectivity index (χ3v) is 4.05. The van der Waals surface area contributed by atoms with E-state index < -0.39 is 18.1 Å². The zero-order chi connectivity index (χ0) is 23.3. The molecule has 32 heavy (non-hydrogen) atoms. The predicted molar refractivity (Wildman–Crippen MR) is 118 cm³/mol. The largest absolute Gasteiger partial charge is 0.497 e. The molecule has 0 aliphatic carbocycles. The number of ether oxygens (including phenoxy) is 3. The molecule has 0 fully saturated rings. The lowest BCUT2D eigenvalue weighted by Gasteiger charge is -2.08. The normalized spacial score (nSPS) is 10.3. The fourth-order valence-electron chi connectivity index (χ4n) is 2.49. The maximum Gasteiger partial charge on any atom is 0.412 e. The molecule has 2 aromatic carbocycles. The summed E-state index contributed by atoms with van der Waals surface area (Å²) in [7, 11) is 3.18. The lowest BCUT2D eigenvalue weighted by atomic mass is 10.1. The first kappa shape index (κ1) is 24.1. The van der Waals surface area contributed by atoms with Crippen molar-refractivity contribution in [1.29, 1.82) is 0 Å². The summed E-state index contributed by atoms with van der Waals surface area (Å²) in [6.45, 7) is -0.0948. The topological polar surface area (TPSA) is 135 Å². The molecule has 0 atom stereocenters. The number of carboxylic acid groups (broad SMARTS) is 1. The number of methoxy groups -OCH3 is 2. The molecule has 10 heteroatoms. The fraction of sp³-hybridized carbons (Fsp3) is 0.227. The van der Waals surface area contributed by atoms with E-state index in [1.165, 1.54) is 0 Å². The first-order valence-electron chi connectivity index (χ1n) is 9.60. The Bertz CT molecular complexity index is 936. The second-order valence-electron chi connectivity index (χ2n) is 6.37. The van der Waals surface area contributed by atoms with Crippen LogP contribution in [0, 0.1) is 0 Å². The fourth-order valence-corrected chi connectivity index (χ4v) is 2.49. The van der Waals surface area contributed by atoms with E-state index in [0.717, 1.165) is 11.1 Å². The summed E-state index contributed by atoms with van der Waals surface area (Å²) in [5.74, 6) is 1.24. The van der Waals surface area contributed by atoms with Crippen LogP contribution in [0.4, 0.5) is 9.59 Å². The monoisotopic (exact) mass is 443 g/mol. The zero-order valence-corrected chi connectivity index (χ0v) is 17.7. The smallest absolute Gasteiger partial charge is 0.412 e. The molecule has 0 unspecified atom stereocenters. The molecule has 0 saturated heterocycles. The van der Waals surface area contributed by atoms with Crippen LogP contribution in [0.1, 0.15) is 11.1 Å². The Hall–Kier alpha value is -4.21. The molecule has 0 bridgehead atoms. The van der Waals surface area contributed by atoms with Crippen LogP contribution in [0.5, 0.6) is 17.2 Å². The Morgan fingerprint density at radius 3 is 2.00 bits per heavy atom. The molecule has 0 heterocycles. The van der Waals surface area contributed by atoms with Gasteiger partial charge in [-0.25, -0.2) is 9.59 Å². The minimum absolute atomic E-state index is 0.127. The number of rotatable bonds is 10. The Kier molecular flexibility index (Phi) is 9.38. The minimum Gasteiger partial charge on any atom is -0.497 e. The molecule has 0 saturated carbocycles. The van der Waals surface area contributed by atoms with Crippen LogP contribution in [0.25, 0.3) is 12.2 Å². The van der Waals surface area contributed by atoms with Gasteiger partial charge in [-0.3, -0.25) is 4.79 Å². The Balaban J connectivity index is 1.79. The van der Waals surface area contributed by atoms with Crippen molar-refractivity contribution in [2.24, 2.45) is 0 Å². The van der Waals surface area contributed by atoms with Crippen LogP contribution in [0.2, 0.25) is 0 Å². The van der Waals surface area contributed by atoms with Crippen molar-refractivity contribution in [3.63, 3.8) is 0 Å². The molecule has 0 radical (unpaired) electrons. The van der Waals surface area contributed by atoms with Crippen LogP contribution >= 0.6 is 0 Å². The number of nitrogens with one attached hydrogen (secondary N) is 3. The van der Waals surface area contributed by atoms with E-state index in [2.05, 4.69) is 10.6 Å². The average Bonchev–Trinajstić information content (AvgIpc) is 2.79. The molecule has 0 aliphatic heterocycles. The summed E-state index contributed by atoms with van der Waals surface area (Å²) in [6, 6.07) is 12.5. The SMILES string of the molecule is COc1cc(C=Cc2ccc(OC(=O)NCCNC(=O)CNC(=O)O)cc2)cc(OC)c1. The van der Waals surface area contributed by atoms with Gasteiger partial charge in [0.25, 0.3) is 0 Å². The summed E-state index contributed by atoms with van der Waals surface area (Å²) in [4.78, 5) is 33.4. The zero-order valence-electron chi connectivity index (χ0n) is 17.7. The van der Waals surface area contributed by atoms with Crippen molar-refractivity contribution >= 4 is 30.2 Å². The molecule has 2 rings (SSSR count). The van der Waals surface area contributed by atoms with E-state index in [-0.39, 0.29) is 19.6 Å². The van der Waals surface area contributed by atoms with Crippen molar-refractivity contribution in [3.05, 3.63) is 53.6 Å². The molecule has 0 aliphatic rings. The van der Waals surface area contributed by atoms with Crippen LogP contribution in [0.3, 0.4) is 0 Å². The van der Waals surface area contributed by atoms with Gasteiger partial charge in [-0.1, -0.05) is 24.3 Å². The molecule has 10 nitrogen and oxygen atoms in total. The Morgan fingerprint density at radius 1 is 0.812 bits per heavy atom. The van der Waals surface area contributed by atoms with Crippen LogP contribution < -0.4 is 30.2 Å². The lowest BCUT2D eigenvalue weighted by molar-refractivity contribution is -0.120. The van der Waals surface area contributed by atoms with E-state index in [0.29, 0.717) is 17.2 Å². The van der Waals surface area contributed by atoms with Gasteiger partial charge in [0.05, 0.1) is 20.8 Å². The van der Waals surface area contributed by atoms with Crippen LogP contribution in [0.15, 0.2) is 42.5 Å². The van der Waals surface area contributed by atoms with Gasteiger partial charge < -0.3 is 35.3 Å². The number of benzene rings is 2. The van der Waals surface area contributed by atoms with Gasteiger partial charge in [-0.05, 0) is 35.4 Å². The predicted octanol–water partition coefficient (Wildman–Crippen LogP) is 2.35. The third kappa shape index (κ3) is 8.66. The van der Waals surface area contributed by atoms with Crippen LogP contribution in [-0.2, 0) is 4.79 Å². The highest BCUT2D eigenvalue weighted by Crippen LogP contribution is 2.24. The summed E-state index contributed by atoms with van der Waals surface area (Å²) >= 11 is 0. The molecule has 4 N–H and O–H groups in total. The Morgan fingerprint density at radius 2 is 1.41 bits per heavy atom. The number of carbonyl (C=O) groups is 3. The van der Waals surface area contributed by atoms with Gasteiger partial charge in [0.2, 0.25) is 5.91 Å². The van der Waals surface area contributed by atoms with Crippen molar-refractivity contribution in [1.82, 2.24) is 16.0 Å². The first-order chi connectivity index (χ1) is 15.4. The number of hydrogen-bond donors (Lipinski definition) is 4. The molecule has 170 valence electrons. The molecule has 0 aromatic heterocycles. The van der Waals surface area contributed by atoms with Crippen molar-refractivity contribution in [3.8, 4) is 17.2 Å².